The Kier molecular flexibility index (Phi) is 4.95. The molecule has 0 fully saturated rings. The molecule has 2 rings (SSSR count). The number of esters is 1. The topological polar surface area (TPSA) is 58.9 Å². The summed E-state index contributed by atoms with van der Waals surface area (Å²) in [7, 11) is 0. The second kappa shape index (κ2) is 6.90. The van der Waals surface area contributed by atoms with Crippen molar-refractivity contribution in [3.05, 3.63) is 58.6 Å². The number of hydrogen-bond donors (Lipinski definition) is 1. The van der Waals surface area contributed by atoms with Crippen molar-refractivity contribution in [2.45, 2.75) is 6.92 Å². The summed E-state index contributed by atoms with van der Waals surface area (Å²) in [5.41, 5.74) is 1.38. The number of para-hydroxylation sites is 1. The summed E-state index contributed by atoms with van der Waals surface area (Å²) < 4.78 is 4.93. The van der Waals surface area contributed by atoms with E-state index in [0.717, 1.165) is 0 Å². The molecule has 0 aliphatic heterocycles. The molecule has 4 nitrogen and oxygen atoms in total. The van der Waals surface area contributed by atoms with Crippen molar-refractivity contribution in [3.8, 4) is 5.75 Å². The first-order valence-electron chi connectivity index (χ1n) is 6.40. The van der Waals surface area contributed by atoms with Crippen LogP contribution in [0.4, 0.5) is 5.69 Å². The molecule has 0 spiro atoms. The molecular formula is C16H14ClNO3. The highest BCUT2D eigenvalue weighted by atomic mass is 35.5. The molecule has 0 aliphatic rings. The van der Waals surface area contributed by atoms with E-state index in [2.05, 4.69) is 4.99 Å². The molecule has 0 saturated heterocycles. The number of benzene rings is 2. The second-order valence-corrected chi connectivity index (χ2v) is 4.61. The summed E-state index contributed by atoms with van der Waals surface area (Å²) in [6.07, 6.45) is 1.49. The van der Waals surface area contributed by atoms with Gasteiger partial charge in [0.15, 0.2) is 0 Å². The van der Waals surface area contributed by atoms with Gasteiger partial charge in [0.2, 0.25) is 0 Å². The van der Waals surface area contributed by atoms with Crippen molar-refractivity contribution in [1.82, 2.24) is 0 Å². The van der Waals surface area contributed by atoms with Gasteiger partial charge in [-0.3, -0.25) is 4.99 Å². The van der Waals surface area contributed by atoms with Gasteiger partial charge in [0.05, 0.1) is 22.9 Å². The molecule has 0 unspecified atom stereocenters. The SMILES string of the molecule is CCOC(=O)c1ccc(Cl)c(N=Cc2ccccc2O)c1. The number of aliphatic imine (C=N–C) groups is 1. The Bertz CT molecular complexity index is 683. The van der Waals surface area contributed by atoms with Crippen molar-refractivity contribution in [2.24, 2.45) is 4.99 Å². The first-order valence-corrected chi connectivity index (χ1v) is 6.78. The summed E-state index contributed by atoms with van der Waals surface area (Å²) in [6, 6.07) is 11.5. The first-order chi connectivity index (χ1) is 10.1. The Morgan fingerprint density at radius 2 is 2.10 bits per heavy atom. The number of phenolic OH excluding ortho intramolecular Hbond substituents is 1. The third-order valence-corrected chi connectivity index (χ3v) is 3.06. The zero-order chi connectivity index (χ0) is 15.2. The van der Waals surface area contributed by atoms with E-state index in [4.69, 9.17) is 16.3 Å². The Morgan fingerprint density at radius 3 is 2.81 bits per heavy atom. The summed E-state index contributed by atoms with van der Waals surface area (Å²) >= 11 is 6.06. The molecule has 0 aromatic heterocycles. The van der Waals surface area contributed by atoms with E-state index in [1.54, 1.807) is 49.4 Å². The smallest absolute Gasteiger partial charge is 0.338 e. The predicted octanol–water partition coefficient (Wildman–Crippen LogP) is 3.97. The lowest BCUT2D eigenvalue weighted by Crippen LogP contribution is -2.04. The van der Waals surface area contributed by atoms with Gasteiger partial charge in [-0.25, -0.2) is 4.79 Å². The van der Waals surface area contributed by atoms with Crippen molar-refractivity contribution in [3.63, 3.8) is 0 Å². The van der Waals surface area contributed by atoms with Crippen LogP contribution in [0.3, 0.4) is 0 Å². The Labute approximate surface area is 127 Å². The molecule has 0 atom stereocenters. The average molecular weight is 304 g/mol. The van der Waals surface area contributed by atoms with Crippen LogP contribution in [0.2, 0.25) is 5.02 Å². The number of nitrogens with zero attached hydrogens (tertiary/aromatic N) is 1. The van der Waals surface area contributed by atoms with Crippen LogP contribution in [-0.4, -0.2) is 23.9 Å². The van der Waals surface area contributed by atoms with Gasteiger partial charge in [-0.15, -0.1) is 0 Å². The molecular weight excluding hydrogens is 290 g/mol. The highest BCUT2D eigenvalue weighted by Crippen LogP contribution is 2.27. The molecule has 2 aromatic carbocycles. The largest absolute Gasteiger partial charge is 0.507 e. The Morgan fingerprint density at radius 1 is 1.33 bits per heavy atom. The number of hydrogen-bond acceptors (Lipinski definition) is 4. The monoisotopic (exact) mass is 303 g/mol. The van der Waals surface area contributed by atoms with E-state index in [1.807, 2.05) is 0 Å². The minimum absolute atomic E-state index is 0.124. The fourth-order valence-corrected chi connectivity index (χ4v) is 1.86. The summed E-state index contributed by atoms with van der Waals surface area (Å²) in [6.45, 7) is 2.04. The third-order valence-electron chi connectivity index (χ3n) is 2.74. The van der Waals surface area contributed by atoms with Crippen LogP contribution >= 0.6 is 11.6 Å². The minimum atomic E-state index is -0.423. The third kappa shape index (κ3) is 3.83. The van der Waals surface area contributed by atoms with Crippen molar-refractivity contribution in [1.29, 1.82) is 0 Å². The molecule has 0 heterocycles. The van der Waals surface area contributed by atoms with Crippen LogP contribution in [0.5, 0.6) is 5.75 Å². The van der Waals surface area contributed by atoms with Crippen LogP contribution in [0.15, 0.2) is 47.5 Å². The van der Waals surface area contributed by atoms with Crippen LogP contribution in [0.1, 0.15) is 22.8 Å². The summed E-state index contributed by atoms with van der Waals surface area (Å²) in [4.78, 5) is 15.9. The molecule has 0 bridgehead atoms. The Hall–Kier alpha value is -2.33. The quantitative estimate of drug-likeness (QED) is 0.686. The van der Waals surface area contributed by atoms with Crippen LogP contribution < -0.4 is 0 Å². The van der Waals surface area contributed by atoms with E-state index in [0.29, 0.717) is 28.4 Å². The number of ether oxygens (including phenoxy) is 1. The van der Waals surface area contributed by atoms with Gasteiger partial charge < -0.3 is 9.84 Å². The molecule has 5 heteroatoms. The molecule has 108 valence electrons. The number of phenols is 1. The number of carbonyl (C=O) groups is 1. The predicted molar refractivity (Wildman–Crippen MR) is 82.8 cm³/mol. The van der Waals surface area contributed by atoms with Crippen LogP contribution in [0.25, 0.3) is 0 Å². The van der Waals surface area contributed by atoms with Gasteiger partial charge in [-0.1, -0.05) is 23.7 Å². The maximum atomic E-state index is 11.7. The lowest BCUT2D eigenvalue weighted by atomic mass is 10.2. The van der Waals surface area contributed by atoms with Gasteiger partial charge in [0.1, 0.15) is 5.75 Å². The second-order valence-electron chi connectivity index (χ2n) is 4.20. The maximum Gasteiger partial charge on any atom is 0.338 e. The van der Waals surface area contributed by atoms with E-state index in [9.17, 15) is 9.90 Å². The van der Waals surface area contributed by atoms with Crippen LogP contribution in [0, 0.1) is 0 Å². The zero-order valence-electron chi connectivity index (χ0n) is 11.4. The number of aromatic hydroxyl groups is 1. The maximum absolute atomic E-state index is 11.7. The molecule has 0 amide bonds. The molecule has 21 heavy (non-hydrogen) atoms. The highest BCUT2D eigenvalue weighted by molar-refractivity contribution is 6.33. The van der Waals surface area contributed by atoms with Gasteiger partial charge >= 0.3 is 5.97 Å². The van der Waals surface area contributed by atoms with Crippen molar-refractivity contribution < 1.29 is 14.6 Å². The fourth-order valence-electron chi connectivity index (χ4n) is 1.69. The van der Waals surface area contributed by atoms with Gasteiger partial charge in [-0.05, 0) is 37.3 Å². The average Bonchev–Trinajstić information content (AvgIpc) is 2.48. The molecule has 0 saturated carbocycles. The van der Waals surface area contributed by atoms with Crippen molar-refractivity contribution in [2.75, 3.05) is 6.61 Å². The van der Waals surface area contributed by atoms with Gasteiger partial charge in [0, 0.05) is 11.8 Å². The van der Waals surface area contributed by atoms with Crippen molar-refractivity contribution >= 4 is 29.5 Å². The normalized spacial score (nSPS) is 10.8. The lowest BCUT2D eigenvalue weighted by molar-refractivity contribution is 0.0526. The summed E-state index contributed by atoms with van der Waals surface area (Å²) in [5, 5.41) is 10.1. The molecule has 1 N–H and O–H groups in total. The molecule has 0 radical (unpaired) electrons. The van der Waals surface area contributed by atoms with E-state index in [1.165, 1.54) is 6.21 Å². The first kappa shape index (κ1) is 15.1. The standard InChI is InChI=1S/C16H14ClNO3/c1-2-21-16(20)11-7-8-13(17)14(9-11)18-10-12-5-3-4-6-15(12)19/h3-10,19H,2H2,1H3. The highest BCUT2D eigenvalue weighted by Gasteiger charge is 2.09. The van der Waals surface area contributed by atoms with Gasteiger partial charge in [0.25, 0.3) is 0 Å². The molecule has 0 aliphatic carbocycles. The van der Waals surface area contributed by atoms with E-state index in [-0.39, 0.29) is 5.75 Å². The van der Waals surface area contributed by atoms with Crippen LogP contribution in [-0.2, 0) is 4.74 Å². The lowest BCUT2D eigenvalue weighted by Gasteiger charge is -2.04. The zero-order valence-corrected chi connectivity index (χ0v) is 12.2. The summed E-state index contributed by atoms with van der Waals surface area (Å²) in [5.74, 6) is -0.299. The number of carbonyl (C=O) groups excluding carboxylic acids is 1. The number of halogens is 1. The Balaban J connectivity index is 2.29. The minimum Gasteiger partial charge on any atom is -0.507 e. The van der Waals surface area contributed by atoms with Gasteiger partial charge in [-0.2, -0.15) is 0 Å². The fraction of sp³-hybridized carbons (Fsp3) is 0.125. The number of rotatable bonds is 4. The van der Waals surface area contributed by atoms with E-state index >= 15 is 0 Å². The van der Waals surface area contributed by atoms with E-state index < -0.39 is 5.97 Å². The molecule has 2 aromatic rings.